The number of amides is 2. The molecule has 7 heteroatoms. The first-order chi connectivity index (χ1) is 17.2. The van der Waals surface area contributed by atoms with Crippen LogP contribution < -0.4 is 0 Å². The van der Waals surface area contributed by atoms with Crippen molar-refractivity contribution < 1.29 is 23.8 Å². The number of hydrogen-bond donors (Lipinski definition) is 0. The molecule has 0 aromatic heterocycles. The molecule has 1 fully saturated rings. The Kier molecular flexibility index (Phi) is 10.3. The van der Waals surface area contributed by atoms with Gasteiger partial charge in [0.15, 0.2) is 6.29 Å². The van der Waals surface area contributed by atoms with E-state index in [1.54, 1.807) is 11.9 Å². The lowest BCUT2D eigenvalue weighted by molar-refractivity contribution is -0.165. The molecule has 1 heterocycles. The highest BCUT2D eigenvalue weighted by Gasteiger charge is 2.35. The molecule has 1 unspecified atom stereocenters. The van der Waals surface area contributed by atoms with Crippen LogP contribution >= 0.6 is 0 Å². The average Bonchev–Trinajstić information content (AvgIpc) is 2.86. The van der Waals surface area contributed by atoms with Crippen molar-refractivity contribution >= 4 is 12.0 Å². The van der Waals surface area contributed by atoms with Crippen molar-refractivity contribution in [1.29, 1.82) is 0 Å². The molecule has 7 nitrogen and oxygen atoms in total. The van der Waals surface area contributed by atoms with Crippen LogP contribution in [0, 0.1) is 0 Å². The Morgan fingerprint density at radius 3 is 2.22 bits per heavy atom. The molecule has 1 aliphatic heterocycles. The first-order valence-electron chi connectivity index (χ1n) is 12.8. The summed E-state index contributed by atoms with van der Waals surface area (Å²) in [6.45, 7) is 7.07. The Bertz CT molecular complexity index is 939. The summed E-state index contributed by atoms with van der Waals surface area (Å²) in [7, 11) is 1.77. The monoisotopic (exact) mass is 496 g/mol. The van der Waals surface area contributed by atoms with Gasteiger partial charge in [-0.2, -0.15) is 0 Å². The topological polar surface area (TPSA) is 68.3 Å². The van der Waals surface area contributed by atoms with Crippen LogP contribution in [0.15, 0.2) is 60.7 Å². The third kappa shape index (κ3) is 8.95. The molecule has 0 N–H and O–H groups in total. The predicted octanol–water partition coefficient (Wildman–Crippen LogP) is 5.04. The maximum atomic E-state index is 13.8. The van der Waals surface area contributed by atoms with Gasteiger partial charge in [-0.15, -0.1) is 0 Å². The van der Waals surface area contributed by atoms with Gasteiger partial charge in [-0.1, -0.05) is 60.7 Å². The minimum absolute atomic E-state index is 0.150. The zero-order chi connectivity index (χ0) is 26.0. The van der Waals surface area contributed by atoms with Crippen molar-refractivity contribution in [1.82, 2.24) is 9.80 Å². The fraction of sp³-hybridized carbons (Fsp3) is 0.517. The lowest BCUT2D eigenvalue weighted by Crippen LogP contribution is -2.53. The Hall–Kier alpha value is -2.90. The van der Waals surface area contributed by atoms with E-state index in [9.17, 15) is 9.59 Å². The number of benzene rings is 2. The van der Waals surface area contributed by atoms with Gasteiger partial charge in [-0.05, 0) is 51.2 Å². The first-order valence-corrected chi connectivity index (χ1v) is 12.8. The van der Waals surface area contributed by atoms with E-state index >= 15 is 0 Å². The van der Waals surface area contributed by atoms with Crippen LogP contribution in [0.5, 0.6) is 0 Å². The molecule has 0 saturated carbocycles. The highest BCUT2D eigenvalue weighted by molar-refractivity contribution is 5.86. The zero-order valence-corrected chi connectivity index (χ0v) is 22.0. The molecule has 1 aliphatic rings. The quantitative estimate of drug-likeness (QED) is 0.461. The zero-order valence-electron chi connectivity index (χ0n) is 22.0. The lowest BCUT2D eigenvalue weighted by atomic mass is 10.0. The van der Waals surface area contributed by atoms with E-state index in [2.05, 4.69) is 0 Å². The van der Waals surface area contributed by atoms with Crippen LogP contribution in [-0.2, 0) is 32.0 Å². The van der Waals surface area contributed by atoms with E-state index < -0.39 is 17.7 Å². The Labute approximate surface area is 215 Å². The van der Waals surface area contributed by atoms with E-state index in [0.717, 1.165) is 30.4 Å². The van der Waals surface area contributed by atoms with Gasteiger partial charge in [-0.3, -0.25) is 9.69 Å². The maximum absolute atomic E-state index is 13.8. The van der Waals surface area contributed by atoms with Crippen molar-refractivity contribution in [3.8, 4) is 0 Å². The highest BCUT2D eigenvalue weighted by atomic mass is 16.7. The van der Waals surface area contributed by atoms with E-state index in [-0.39, 0.29) is 25.3 Å². The summed E-state index contributed by atoms with van der Waals surface area (Å²) >= 11 is 0. The van der Waals surface area contributed by atoms with Crippen LogP contribution in [0.25, 0.3) is 0 Å². The third-order valence-electron chi connectivity index (χ3n) is 5.97. The molecule has 36 heavy (non-hydrogen) atoms. The van der Waals surface area contributed by atoms with Gasteiger partial charge >= 0.3 is 6.09 Å². The highest BCUT2D eigenvalue weighted by Crippen LogP contribution is 2.19. The van der Waals surface area contributed by atoms with Gasteiger partial charge in [0, 0.05) is 33.2 Å². The van der Waals surface area contributed by atoms with Crippen molar-refractivity contribution in [2.24, 2.45) is 0 Å². The fourth-order valence-corrected chi connectivity index (χ4v) is 4.18. The van der Waals surface area contributed by atoms with Crippen molar-refractivity contribution in [3.63, 3.8) is 0 Å². The maximum Gasteiger partial charge on any atom is 0.411 e. The van der Waals surface area contributed by atoms with Crippen LogP contribution in [0.2, 0.25) is 0 Å². The molecule has 0 bridgehead atoms. The van der Waals surface area contributed by atoms with E-state index in [1.807, 2.05) is 81.4 Å². The smallest absolute Gasteiger partial charge is 0.411 e. The van der Waals surface area contributed by atoms with Gasteiger partial charge in [0.05, 0.1) is 6.61 Å². The van der Waals surface area contributed by atoms with Crippen molar-refractivity contribution in [2.45, 2.75) is 70.9 Å². The van der Waals surface area contributed by atoms with Crippen LogP contribution in [0.1, 0.15) is 51.2 Å². The number of likely N-dealkylation sites (N-methyl/N-ethyl adjacent to an activating group) is 1. The van der Waals surface area contributed by atoms with Gasteiger partial charge in [0.2, 0.25) is 5.91 Å². The Morgan fingerprint density at radius 1 is 1.00 bits per heavy atom. The molecule has 2 amide bonds. The Morgan fingerprint density at radius 2 is 1.64 bits per heavy atom. The van der Waals surface area contributed by atoms with Gasteiger partial charge in [-0.25, -0.2) is 4.79 Å². The standard InChI is InChI=1S/C29H40N2O5/c1-29(2,3)36-28(33)31(18-20-35-26-17-11-12-19-34-26)25(21-23-13-7-5-8-14-23)27(32)30(4)22-24-15-9-6-10-16-24/h5-10,13-16,25-26H,11-12,17-22H2,1-4H3/t25-,26?/m0/s1. The van der Waals surface area contributed by atoms with E-state index in [0.29, 0.717) is 19.6 Å². The summed E-state index contributed by atoms with van der Waals surface area (Å²) in [4.78, 5) is 30.4. The van der Waals surface area contributed by atoms with E-state index in [4.69, 9.17) is 14.2 Å². The molecule has 0 aliphatic carbocycles. The molecule has 3 rings (SSSR count). The lowest BCUT2D eigenvalue weighted by Gasteiger charge is -2.35. The van der Waals surface area contributed by atoms with Crippen LogP contribution in [-0.4, -0.2) is 66.5 Å². The average molecular weight is 497 g/mol. The number of hydrogen-bond acceptors (Lipinski definition) is 5. The van der Waals surface area contributed by atoms with Gasteiger partial charge in [0.25, 0.3) is 0 Å². The Balaban J connectivity index is 1.82. The molecule has 2 aromatic carbocycles. The molecule has 2 aromatic rings. The molecule has 196 valence electrons. The second kappa shape index (κ2) is 13.4. The fourth-order valence-electron chi connectivity index (χ4n) is 4.18. The summed E-state index contributed by atoms with van der Waals surface area (Å²) in [6.07, 6.45) is 2.49. The first kappa shape index (κ1) is 27.7. The summed E-state index contributed by atoms with van der Waals surface area (Å²) < 4.78 is 17.3. The van der Waals surface area contributed by atoms with Crippen molar-refractivity contribution in [3.05, 3.63) is 71.8 Å². The number of nitrogens with zero attached hydrogens (tertiary/aromatic N) is 2. The van der Waals surface area contributed by atoms with Gasteiger partial charge in [0.1, 0.15) is 11.6 Å². The second-order valence-corrected chi connectivity index (χ2v) is 10.2. The summed E-state index contributed by atoms with van der Waals surface area (Å²) in [6, 6.07) is 18.8. The van der Waals surface area contributed by atoms with Crippen molar-refractivity contribution in [2.75, 3.05) is 26.8 Å². The summed E-state index contributed by atoms with van der Waals surface area (Å²) in [5, 5.41) is 0. The molecule has 1 saturated heterocycles. The van der Waals surface area contributed by atoms with E-state index in [1.165, 1.54) is 4.90 Å². The number of ether oxygens (including phenoxy) is 3. The summed E-state index contributed by atoms with van der Waals surface area (Å²) in [5.74, 6) is -0.150. The molecular formula is C29H40N2O5. The number of carbonyl (C=O) groups excluding carboxylic acids is 2. The normalized spacial score (nSPS) is 16.7. The SMILES string of the molecule is CN(Cc1ccccc1)C(=O)[C@H](Cc1ccccc1)N(CCOC1CCCCO1)C(=O)OC(C)(C)C. The van der Waals surface area contributed by atoms with Gasteiger partial charge < -0.3 is 19.1 Å². The molecule has 2 atom stereocenters. The molecule has 0 spiro atoms. The number of carbonyl (C=O) groups is 2. The molecule has 0 radical (unpaired) electrons. The number of rotatable bonds is 10. The summed E-state index contributed by atoms with van der Waals surface area (Å²) in [5.41, 5.74) is 1.29. The third-order valence-corrected chi connectivity index (χ3v) is 5.97. The second-order valence-electron chi connectivity index (χ2n) is 10.2. The van der Waals surface area contributed by atoms with Crippen LogP contribution in [0.3, 0.4) is 0 Å². The van der Waals surface area contributed by atoms with Crippen LogP contribution in [0.4, 0.5) is 4.79 Å². The minimum Gasteiger partial charge on any atom is -0.444 e. The predicted molar refractivity (Wildman–Crippen MR) is 139 cm³/mol. The largest absolute Gasteiger partial charge is 0.444 e. The molecular weight excluding hydrogens is 456 g/mol. The minimum atomic E-state index is -0.744.